The van der Waals surface area contributed by atoms with Crippen molar-refractivity contribution in [3.05, 3.63) is 53.9 Å². The lowest BCUT2D eigenvalue weighted by Crippen LogP contribution is -2.27. The molecule has 0 fully saturated rings. The van der Waals surface area contributed by atoms with Crippen molar-refractivity contribution in [2.45, 2.75) is 32.3 Å². The van der Waals surface area contributed by atoms with E-state index in [9.17, 15) is 18.3 Å². The van der Waals surface area contributed by atoms with Gasteiger partial charge in [-0.3, -0.25) is 9.38 Å². The molecule has 0 bridgehead atoms. The van der Waals surface area contributed by atoms with Gasteiger partial charge in [-0.25, -0.2) is 13.2 Å². The number of alkyl halides is 2. The number of rotatable bonds is 6. The number of anilines is 2. The van der Waals surface area contributed by atoms with E-state index in [1.54, 1.807) is 17.4 Å². The van der Waals surface area contributed by atoms with Gasteiger partial charge in [-0.2, -0.15) is 4.98 Å². The average Bonchev–Trinajstić information content (AvgIpc) is 3.12. The smallest absolute Gasteiger partial charge is 0.257 e. The zero-order valence-electron chi connectivity index (χ0n) is 17.3. The molecule has 0 aliphatic rings. The Bertz CT molecular complexity index is 1350. The van der Waals surface area contributed by atoms with E-state index in [0.717, 1.165) is 0 Å². The quantitative estimate of drug-likeness (QED) is 0.463. The normalized spacial score (nSPS) is 13.4. The summed E-state index contributed by atoms with van der Waals surface area (Å²) in [4.78, 5) is 9.75. The van der Waals surface area contributed by atoms with E-state index in [4.69, 9.17) is 6.42 Å². The molecule has 10 heteroatoms. The minimum Gasteiger partial charge on any atom is -0.378 e. The standard InChI is InChI=1S/C22H19F3N6O/c1-4-22(3,32)11-14-10-15(8-9-26-14)30(12-18(24)25)20-19-16(23)6-5-7-17(19)31-13(2)28-29-21(31)27-20/h1,5-10,18,32H,11-12H2,2-3H3. The zero-order valence-corrected chi connectivity index (χ0v) is 17.3. The molecule has 1 N–H and O–H groups in total. The highest BCUT2D eigenvalue weighted by atomic mass is 19.3. The van der Waals surface area contributed by atoms with Crippen molar-refractivity contribution in [3.63, 3.8) is 0 Å². The lowest BCUT2D eigenvalue weighted by molar-refractivity contribution is 0.122. The first-order chi connectivity index (χ1) is 15.2. The van der Waals surface area contributed by atoms with Crippen molar-refractivity contribution < 1.29 is 18.3 Å². The van der Waals surface area contributed by atoms with Gasteiger partial charge < -0.3 is 10.0 Å². The highest BCUT2D eigenvalue weighted by Crippen LogP contribution is 2.34. The number of aliphatic hydroxyl groups is 1. The molecule has 0 radical (unpaired) electrons. The molecule has 4 aromatic rings. The first-order valence-corrected chi connectivity index (χ1v) is 9.71. The van der Waals surface area contributed by atoms with Crippen LogP contribution < -0.4 is 4.90 Å². The number of pyridine rings is 1. The molecule has 1 unspecified atom stereocenters. The highest BCUT2D eigenvalue weighted by Gasteiger charge is 2.25. The number of terminal acetylenes is 1. The van der Waals surface area contributed by atoms with Gasteiger partial charge in [-0.15, -0.1) is 16.6 Å². The summed E-state index contributed by atoms with van der Waals surface area (Å²) >= 11 is 0. The summed E-state index contributed by atoms with van der Waals surface area (Å²) in [6.07, 6.45) is 4.00. The average molecular weight is 440 g/mol. The number of benzene rings is 1. The maximum absolute atomic E-state index is 15.0. The third-order valence-electron chi connectivity index (χ3n) is 4.99. The first kappa shape index (κ1) is 21.5. The van der Waals surface area contributed by atoms with Gasteiger partial charge in [0.25, 0.3) is 12.2 Å². The molecule has 4 rings (SSSR count). The molecule has 0 saturated carbocycles. The Labute approximate surface area is 181 Å². The van der Waals surface area contributed by atoms with Crippen LogP contribution in [0.2, 0.25) is 0 Å². The fourth-order valence-electron chi connectivity index (χ4n) is 3.56. The van der Waals surface area contributed by atoms with Crippen molar-refractivity contribution in [2.75, 3.05) is 11.4 Å². The molecule has 0 spiro atoms. The molecule has 0 saturated heterocycles. The van der Waals surface area contributed by atoms with Crippen molar-refractivity contribution in [2.24, 2.45) is 0 Å². The van der Waals surface area contributed by atoms with Crippen LogP contribution in [0.5, 0.6) is 0 Å². The molecule has 0 aliphatic carbocycles. The van der Waals surface area contributed by atoms with Crippen LogP contribution in [-0.4, -0.2) is 48.2 Å². The highest BCUT2D eigenvalue weighted by molar-refractivity contribution is 5.94. The van der Waals surface area contributed by atoms with E-state index in [-0.39, 0.29) is 23.4 Å². The molecule has 32 heavy (non-hydrogen) atoms. The van der Waals surface area contributed by atoms with E-state index < -0.39 is 24.4 Å². The predicted molar refractivity (Wildman–Crippen MR) is 113 cm³/mol. The van der Waals surface area contributed by atoms with Crippen molar-refractivity contribution in [1.29, 1.82) is 0 Å². The van der Waals surface area contributed by atoms with E-state index in [1.807, 2.05) is 0 Å². The largest absolute Gasteiger partial charge is 0.378 e. The number of aromatic nitrogens is 5. The van der Waals surface area contributed by atoms with Gasteiger partial charge in [0.1, 0.15) is 23.1 Å². The van der Waals surface area contributed by atoms with Crippen LogP contribution in [-0.2, 0) is 6.42 Å². The fourth-order valence-corrected chi connectivity index (χ4v) is 3.56. The SMILES string of the molecule is C#CC(C)(O)Cc1cc(N(CC(F)F)c2nc3nnc(C)n3c3cccc(F)c23)ccn1. The number of hydrogen-bond acceptors (Lipinski definition) is 6. The number of fused-ring (bicyclic) bond motifs is 3. The molecule has 164 valence electrons. The third-order valence-corrected chi connectivity index (χ3v) is 4.99. The van der Waals surface area contributed by atoms with Crippen LogP contribution >= 0.6 is 0 Å². The molecular weight excluding hydrogens is 421 g/mol. The van der Waals surface area contributed by atoms with Crippen molar-refractivity contribution in [1.82, 2.24) is 24.6 Å². The second kappa shape index (κ2) is 8.09. The number of nitrogens with zero attached hydrogens (tertiary/aromatic N) is 6. The van der Waals surface area contributed by atoms with E-state index in [0.29, 0.717) is 22.7 Å². The van der Waals surface area contributed by atoms with Gasteiger partial charge in [0.15, 0.2) is 0 Å². The molecule has 3 heterocycles. The second-order valence-electron chi connectivity index (χ2n) is 7.55. The monoisotopic (exact) mass is 440 g/mol. The van der Waals surface area contributed by atoms with Crippen LogP contribution in [0.25, 0.3) is 16.7 Å². The number of aryl methyl sites for hydroxylation is 1. The van der Waals surface area contributed by atoms with Crippen LogP contribution in [0.15, 0.2) is 36.5 Å². The maximum Gasteiger partial charge on any atom is 0.257 e. The van der Waals surface area contributed by atoms with Crippen LogP contribution in [0.1, 0.15) is 18.4 Å². The topological polar surface area (TPSA) is 79.4 Å². The summed E-state index contributed by atoms with van der Waals surface area (Å²) in [5, 5.41) is 18.2. The third kappa shape index (κ3) is 3.94. The summed E-state index contributed by atoms with van der Waals surface area (Å²) in [7, 11) is 0. The zero-order chi connectivity index (χ0) is 23.0. The number of halogens is 3. The minimum absolute atomic E-state index is 0.00477. The van der Waals surface area contributed by atoms with Crippen LogP contribution in [0.3, 0.4) is 0 Å². The van der Waals surface area contributed by atoms with Crippen molar-refractivity contribution >= 4 is 28.2 Å². The minimum atomic E-state index is -2.75. The Kier molecular flexibility index (Phi) is 5.44. The van der Waals surface area contributed by atoms with Gasteiger partial charge >= 0.3 is 0 Å². The fraction of sp³-hybridized carbons (Fsp3) is 0.273. The van der Waals surface area contributed by atoms with Crippen molar-refractivity contribution in [3.8, 4) is 12.3 Å². The molecule has 1 atom stereocenters. The van der Waals surface area contributed by atoms with E-state index >= 15 is 0 Å². The Balaban J connectivity index is 1.95. The Morgan fingerprint density at radius 1 is 1.28 bits per heavy atom. The first-order valence-electron chi connectivity index (χ1n) is 9.71. The number of hydrogen-bond donors (Lipinski definition) is 1. The summed E-state index contributed by atoms with van der Waals surface area (Å²) in [6, 6.07) is 7.42. The summed E-state index contributed by atoms with van der Waals surface area (Å²) in [5.74, 6) is 2.24. The molecule has 1 aromatic carbocycles. The summed E-state index contributed by atoms with van der Waals surface area (Å²) in [6.45, 7) is 2.38. The summed E-state index contributed by atoms with van der Waals surface area (Å²) < 4.78 is 43.8. The van der Waals surface area contributed by atoms with E-state index in [1.165, 1.54) is 42.3 Å². The molecule has 7 nitrogen and oxygen atoms in total. The second-order valence-corrected chi connectivity index (χ2v) is 7.55. The summed E-state index contributed by atoms with van der Waals surface area (Å²) in [5.41, 5.74) is -0.389. The van der Waals surface area contributed by atoms with E-state index in [2.05, 4.69) is 26.1 Å². The molecule has 3 aromatic heterocycles. The van der Waals surface area contributed by atoms with Crippen LogP contribution in [0, 0.1) is 25.1 Å². The van der Waals surface area contributed by atoms with Gasteiger partial charge in [-0.05, 0) is 38.1 Å². The van der Waals surface area contributed by atoms with Crippen LogP contribution in [0.4, 0.5) is 24.7 Å². The molecule has 0 amide bonds. The Morgan fingerprint density at radius 2 is 2.06 bits per heavy atom. The predicted octanol–water partition coefficient (Wildman–Crippen LogP) is 3.45. The van der Waals surface area contributed by atoms with Gasteiger partial charge in [0.05, 0.1) is 17.4 Å². The maximum atomic E-state index is 15.0. The van der Waals surface area contributed by atoms with Gasteiger partial charge in [0, 0.05) is 24.0 Å². The van der Waals surface area contributed by atoms with Gasteiger partial charge in [-0.1, -0.05) is 12.0 Å². The Morgan fingerprint density at radius 3 is 2.78 bits per heavy atom. The lowest BCUT2D eigenvalue weighted by Gasteiger charge is -2.26. The lowest BCUT2D eigenvalue weighted by atomic mass is 10.0. The van der Waals surface area contributed by atoms with Gasteiger partial charge in [0.2, 0.25) is 0 Å². The Hall–Kier alpha value is -3.71. The molecular formula is C22H19F3N6O. The molecule has 0 aliphatic heterocycles.